The van der Waals surface area contributed by atoms with Gasteiger partial charge in [-0.3, -0.25) is 4.79 Å². The highest BCUT2D eigenvalue weighted by Crippen LogP contribution is 2.18. The van der Waals surface area contributed by atoms with Gasteiger partial charge in [-0.1, -0.05) is 0 Å². The fourth-order valence-corrected chi connectivity index (χ4v) is 1.14. The molecule has 2 N–H and O–H groups in total. The molecular weight excluding hydrogens is 146 g/mol. The van der Waals surface area contributed by atoms with E-state index in [-0.39, 0.29) is 5.97 Å². The van der Waals surface area contributed by atoms with Crippen LogP contribution < -0.4 is 5.73 Å². The molecule has 1 saturated heterocycles. The van der Waals surface area contributed by atoms with Crippen molar-refractivity contribution >= 4 is 5.97 Å². The van der Waals surface area contributed by atoms with Crippen LogP contribution in [0.3, 0.4) is 0 Å². The van der Waals surface area contributed by atoms with Crippen molar-refractivity contribution in [1.82, 2.24) is 0 Å². The van der Waals surface area contributed by atoms with Crippen LogP contribution in [0.1, 0.15) is 12.8 Å². The Morgan fingerprint density at radius 3 is 2.55 bits per heavy atom. The molecule has 1 rings (SSSR count). The van der Waals surface area contributed by atoms with Crippen LogP contribution in [0.25, 0.3) is 0 Å². The molecule has 0 radical (unpaired) electrons. The van der Waals surface area contributed by atoms with E-state index >= 15 is 0 Å². The summed E-state index contributed by atoms with van der Waals surface area (Å²) in [5.41, 5.74) is 4.96. The molecule has 4 heteroatoms. The molecular formula is C7H13NO3. The van der Waals surface area contributed by atoms with Gasteiger partial charge in [0.15, 0.2) is 0 Å². The predicted molar refractivity (Wildman–Crippen MR) is 39.0 cm³/mol. The minimum absolute atomic E-state index is 0.333. The number of hydrogen-bond donors (Lipinski definition) is 1. The number of nitrogens with two attached hydrogens (primary N) is 1. The lowest BCUT2D eigenvalue weighted by Crippen LogP contribution is -2.52. The molecule has 11 heavy (non-hydrogen) atoms. The largest absolute Gasteiger partial charge is 0.468 e. The summed E-state index contributed by atoms with van der Waals surface area (Å²) in [4.78, 5) is 11.1. The van der Waals surface area contributed by atoms with Crippen LogP contribution in [0.2, 0.25) is 0 Å². The third kappa shape index (κ3) is 1.70. The molecule has 0 bridgehead atoms. The summed E-state index contributed by atoms with van der Waals surface area (Å²) < 4.78 is 9.64. The first-order valence-corrected chi connectivity index (χ1v) is 3.64. The van der Waals surface area contributed by atoms with Crippen LogP contribution in [0.4, 0.5) is 0 Å². The van der Waals surface area contributed by atoms with Crippen LogP contribution in [0.5, 0.6) is 0 Å². The predicted octanol–water partition coefficient (Wildman–Crippen LogP) is -0.333. The Morgan fingerprint density at radius 1 is 1.55 bits per heavy atom. The Kier molecular flexibility index (Phi) is 2.46. The number of carbonyl (C=O) groups is 1. The zero-order chi connectivity index (χ0) is 8.32. The monoisotopic (exact) mass is 159 g/mol. The van der Waals surface area contributed by atoms with Crippen LogP contribution in [-0.4, -0.2) is 31.8 Å². The van der Waals surface area contributed by atoms with Crippen molar-refractivity contribution in [3.05, 3.63) is 0 Å². The second kappa shape index (κ2) is 3.19. The van der Waals surface area contributed by atoms with Gasteiger partial charge in [-0.15, -0.1) is 0 Å². The van der Waals surface area contributed by atoms with Crippen molar-refractivity contribution in [3.8, 4) is 0 Å². The maximum Gasteiger partial charge on any atom is 0.326 e. The van der Waals surface area contributed by atoms with Crippen molar-refractivity contribution in [2.75, 3.05) is 20.3 Å². The number of esters is 1. The lowest BCUT2D eigenvalue weighted by molar-refractivity contribution is -0.150. The first kappa shape index (κ1) is 8.49. The van der Waals surface area contributed by atoms with E-state index in [0.29, 0.717) is 26.1 Å². The minimum atomic E-state index is -0.799. The summed E-state index contributed by atoms with van der Waals surface area (Å²) in [6.45, 7) is 1.09. The Balaban J connectivity index is 2.56. The number of ether oxygens (including phenoxy) is 2. The van der Waals surface area contributed by atoms with Crippen molar-refractivity contribution in [1.29, 1.82) is 0 Å². The van der Waals surface area contributed by atoms with E-state index in [1.165, 1.54) is 7.11 Å². The van der Waals surface area contributed by atoms with Gasteiger partial charge in [0.2, 0.25) is 0 Å². The van der Waals surface area contributed by atoms with Crippen molar-refractivity contribution in [2.45, 2.75) is 18.4 Å². The third-order valence-electron chi connectivity index (χ3n) is 1.98. The van der Waals surface area contributed by atoms with Gasteiger partial charge in [-0.05, 0) is 12.8 Å². The number of hydrogen-bond acceptors (Lipinski definition) is 4. The van der Waals surface area contributed by atoms with Gasteiger partial charge in [-0.25, -0.2) is 0 Å². The van der Waals surface area contributed by atoms with Gasteiger partial charge in [0, 0.05) is 13.2 Å². The van der Waals surface area contributed by atoms with Crippen LogP contribution >= 0.6 is 0 Å². The Morgan fingerprint density at radius 2 is 2.09 bits per heavy atom. The summed E-state index contributed by atoms with van der Waals surface area (Å²) in [5, 5.41) is 0. The molecule has 1 aliphatic heterocycles. The van der Waals surface area contributed by atoms with Gasteiger partial charge in [0.1, 0.15) is 5.54 Å². The van der Waals surface area contributed by atoms with Crippen molar-refractivity contribution < 1.29 is 14.3 Å². The molecule has 0 amide bonds. The molecule has 1 aliphatic rings. The first-order chi connectivity index (χ1) is 5.19. The lowest BCUT2D eigenvalue weighted by Gasteiger charge is -2.29. The minimum Gasteiger partial charge on any atom is -0.468 e. The summed E-state index contributed by atoms with van der Waals surface area (Å²) in [6.07, 6.45) is 1.11. The zero-order valence-corrected chi connectivity index (χ0v) is 6.63. The summed E-state index contributed by atoms with van der Waals surface area (Å²) in [6, 6.07) is 0. The van der Waals surface area contributed by atoms with Crippen molar-refractivity contribution in [2.24, 2.45) is 5.73 Å². The molecule has 0 saturated carbocycles. The fraction of sp³-hybridized carbons (Fsp3) is 0.857. The molecule has 64 valence electrons. The van der Waals surface area contributed by atoms with E-state index in [1.54, 1.807) is 0 Å². The topological polar surface area (TPSA) is 61.5 Å². The zero-order valence-electron chi connectivity index (χ0n) is 6.63. The van der Waals surface area contributed by atoms with Gasteiger partial charge < -0.3 is 15.2 Å². The molecule has 0 aromatic heterocycles. The molecule has 1 fully saturated rings. The first-order valence-electron chi connectivity index (χ1n) is 3.64. The molecule has 0 aromatic rings. The molecule has 0 atom stereocenters. The smallest absolute Gasteiger partial charge is 0.326 e. The maximum atomic E-state index is 11.1. The van der Waals surface area contributed by atoms with Crippen molar-refractivity contribution in [3.63, 3.8) is 0 Å². The maximum absolute atomic E-state index is 11.1. The average Bonchev–Trinajstić information content (AvgIpc) is 2.04. The van der Waals surface area contributed by atoms with E-state index in [0.717, 1.165) is 0 Å². The Bertz CT molecular complexity index is 152. The second-order valence-corrected chi connectivity index (χ2v) is 2.76. The van der Waals surface area contributed by atoms with Gasteiger partial charge in [0.05, 0.1) is 7.11 Å². The second-order valence-electron chi connectivity index (χ2n) is 2.76. The van der Waals surface area contributed by atoms with E-state index in [9.17, 15) is 4.79 Å². The summed E-state index contributed by atoms with van der Waals surface area (Å²) in [7, 11) is 1.35. The Labute approximate surface area is 65.7 Å². The fourth-order valence-electron chi connectivity index (χ4n) is 1.14. The quantitative estimate of drug-likeness (QED) is 0.532. The average molecular weight is 159 g/mol. The van der Waals surface area contributed by atoms with Crippen LogP contribution in [0.15, 0.2) is 0 Å². The lowest BCUT2D eigenvalue weighted by atomic mass is 9.92. The molecule has 0 unspecified atom stereocenters. The molecule has 4 nitrogen and oxygen atoms in total. The number of carbonyl (C=O) groups excluding carboxylic acids is 1. The summed E-state index contributed by atoms with van der Waals surface area (Å²) in [5.74, 6) is -0.333. The van der Waals surface area contributed by atoms with E-state index < -0.39 is 5.54 Å². The number of methoxy groups -OCH3 is 1. The molecule has 0 spiro atoms. The number of rotatable bonds is 1. The van der Waals surface area contributed by atoms with Gasteiger partial charge in [0.25, 0.3) is 0 Å². The SMILES string of the molecule is COC(=O)C1(N)CCOCC1. The normalized spacial score (nSPS) is 22.7. The summed E-state index contributed by atoms with van der Waals surface area (Å²) >= 11 is 0. The van der Waals surface area contributed by atoms with E-state index in [1.807, 2.05) is 0 Å². The Hall–Kier alpha value is -0.610. The van der Waals surface area contributed by atoms with Gasteiger partial charge >= 0.3 is 5.97 Å². The molecule has 1 heterocycles. The van der Waals surface area contributed by atoms with E-state index in [2.05, 4.69) is 4.74 Å². The highest BCUT2D eigenvalue weighted by Gasteiger charge is 2.36. The van der Waals surface area contributed by atoms with Crippen LogP contribution in [-0.2, 0) is 14.3 Å². The van der Waals surface area contributed by atoms with E-state index in [4.69, 9.17) is 10.5 Å². The molecule has 0 aliphatic carbocycles. The molecule has 0 aromatic carbocycles. The highest BCUT2D eigenvalue weighted by atomic mass is 16.5. The highest BCUT2D eigenvalue weighted by molar-refractivity contribution is 5.80. The van der Waals surface area contributed by atoms with Gasteiger partial charge in [-0.2, -0.15) is 0 Å². The van der Waals surface area contributed by atoms with Crippen LogP contribution in [0, 0.1) is 0 Å². The standard InChI is InChI=1S/C7H13NO3/c1-10-6(9)7(8)2-4-11-5-3-7/h2-5,8H2,1H3. The third-order valence-corrected chi connectivity index (χ3v) is 1.98.